The number of alkyl halides is 3. The maximum absolute atomic E-state index is 12.8. The van der Waals surface area contributed by atoms with Gasteiger partial charge in [-0.1, -0.05) is 41.4 Å². The Hall–Kier alpha value is -2.51. The predicted octanol–water partition coefficient (Wildman–Crippen LogP) is 4.79. The molecule has 0 saturated heterocycles. The first kappa shape index (κ1) is 19.3. The Labute approximate surface area is 162 Å². The molecule has 9 heteroatoms. The fraction of sp³-hybridized carbons (Fsp3) is 0.111. The molecule has 0 radical (unpaired) electrons. The molecule has 1 heterocycles. The third kappa shape index (κ3) is 4.09. The van der Waals surface area contributed by atoms with Gasteiger partial charge in [-0.25, -0.2) is 0 Å². The molecule has 0 spiro atoms. The van der Waals surface area contributed by atoms with Crippen molar-refractivity contribution >= 4 is 40.7 Å². The molecule has 1 N–H and O–H groups in total. The van der Waals surface area contributed by atoms with Crippen LogP contribution in [0, 0.1) is 0 Å². The summed E-state index contributed by atoms with van der Waals surface area (Å²) in [6.07, 6.45) is -4.54. The van der Waals surface area contributed by atoms with Gasteiger partial charge in [0.15, 0.2) is 0 Å². The number of amides is 2. The average Bonchev–Trinajstić information content (AvgIpc) is 2.79. The minimum atomic E-state index is -4.54. The van der Waals surface area contributed by atoms with E-state index < -0.39 is 23.6 Å². The lowest BCUT2D eigenvalue weighted by Gasteiger charge is -2.15. The average molecular weight is 415 g/mol. The summed E-state index contributed by atoms with van der Waals surface area (Å²) in [5.41, 5.74) is -0.572. The van der Waals surface area contributed by atoms with Crippen LogP contribution in [0.2, 0.25) is 5.02 Å². The zero-order chi connectivity index (χ0) is 19.8. The Morgan fingerprint density at radius 2 is 1.67 bits per heavy atom. The predicted molar refractivity (Wildman–Crippen MR) is 95.0 cm³/mol. The largest absolute Gasteiger partial charge is 0.416 e. The minimum Gasteiger partial charge on any atom is -0.350 e. The highest BCUT2D eigenvalue weighted by atomic mass is 35.5. The van der Waals surface area contributed by atoms with E-state index >= 15 is 0 Å². The molecule has 0 fully saturated rings. The van der Waals surface area contributed by atoms with Crippen molar-refractivity contribution in [3.8, 4) is 0 Å². The standard InChI is InChI=1S/C18H11Cl2F3N2O2/c19-12-5-1-3-10(7-12)9-25-16(26)14(20)15(17(25)27)24-13-6-2-4-11(8-13)18(21,22)23/h1-8,24H,9H2. The van der Waals surface area contributed by atoms with E-state index in [4.69, 9.17) is 23.2 Å². The number of imide groups is 1. The fourth-order valence-corrected chi connectivity index (χ4v) is 2.98. The van der Waals surface area contributed by atoms with Crippen LogP contribution in [0.4, 0.5) is 18.9 Å². The van der Waals surface area contributed by atoms with Crippen LogP contribution >= 0.6 is 23.2 Å². The molecule has 0 unspecified atom stereocenters. The number of rotatable bonds is 4. The first-order valence-electron chi connectivity index (χ1n) is 7.61. The van der Waals surface area contributed by atoms with E-state index in [-0.39, 0.29) is 23.0 Å². The normalized spacial score (nSPS) is 14.9. The number of nitrogens with one attached hydrogen (secondary N) is 1. The number of hydrogen-bond donors (Lipinski definition) is 1. The van der Waals surface area contributed by atoms with Crippen molar-refractivity contribution in [1.29, 1.82) is 0 Å². The van der Waals surface area contributed by atoms with Crippen LogP contribution in [0.1, 0.15) is 11.1 Å². The van der Waals surface area contributed by atoms with Gasteiger partial charge in [0.2, 0.25) is 0 Å². The van der Waals surface area contributed by atoms with Crippen molar-refractivity contribution in [1.82, 2.24) is 4.90 Å². The summed E-state index contributed by atoms with van der Waals surface area (Å²) in [6.45, 7) is -0.0672. The van der Waals surface area contributed by atoms with Crippen LogP contribution in [0.3, 0.4) is 0 Å². The van der Waals surface area contributed by atoms with Crippen molar-refractivity contribution in [3.63, 3.8) is 0 Å². The van der Waals surface area contributed by atoms with E-state index in [1.54, 1.807) is 24.3 Å². The molecular weight excluding hydrogens is 404 g/mol. The molecule has 2 amide bonds. The molecule has 3 rings (SSSR count). The van der Waals surface area contributed by atoms with Crippen LogP contribution in [0.5, 0.6) is 0 Å². The molecule has 0 atom stereocenters. The zero-order valence-electron chi connectivity index (χ0n) is 13.5. The van der Waals surface area contributed by atoms with Gasteiger partial charge in [-0.3, -0.25) is 14.5 Å². The van der Waals surface area contributed by atoms with Gasteiger partial charge in [-0.2, -0.15) is 13.2 Å². The van der Waals surface area contributed by atoms with E-state index in [9.17, 15) is 22.8 Å². The van der Waals surface area contributed by atoms with Crippen LogP contribution in [0.25, 0.3) is 0 Å². The number of carbonyl (C=O) groups is 2. The molecule has 2 aromatic rings. The van der Waals surface area contributed by atoms with E-state index in [0.717, 1.165) is 17.0 Å². The van der Waals surface area contributed by atoms with E-state index in [2.05, 4.69) is 5.32 Å². The number of carbonyl (C=O) groups excluding carboxylic acids is 2. The van der Waals surface area contributed by atoms with Gasteiger partial charge in [0, 0.05) is 10.7 Å². The number of benzene rings is 2. The molecular formula is C18H11Cl2F3N2O2. The lowest BCUT2D eigenvalue weighted by atomic mass is 10.2. The van der Waals surface area contributed by atoms with Gasteiger partial charge in [-0.05, 0) is 35.9 Å². The van der Waals surface area contributed by atoms with Crippen LogP contribution < -0.4 is 5.32 Å². The van der Waals surface area contributed by atoms with Crippen LogP contribution in [0.15, 0.2) is 59.3 Å². The number of halogens is 5. The second-order valence-corrected chi connectivity index (χ2v) is 6.53. The number of nitrogens with zero attached hydrogens (tertiary/aromatic N) is 1. The topological polar surface area (TPSA) is 49.4 Å². The number of hydrogen-bond acceptors (Lipinski definition) is 3. The van der Waals surface area contributed by atoms with E-state index in [1.807, 2.05) is 0 Å². The summed E-state index contributed by atoms with van der Waals surface area (Å²) in [6, 6.07) is 10.8. The summed E-state index contributed by atoms with van der Waals surface area (Å²) < 4.78 is 38.5. The van der Waals surface area contributed by atoms with Gasteiger partial charge in [0.1, 0.15) is 10.7 Å². The highest BCUT2D eigenvalue weighted by Gasteiger charge is 2.38. The smallest absolute Gasteiger partial charge is 0.350 e. The molecule has 27 heavy (non-hydrogen) atoms. The summed E-state index contributed by atoms with van der Waals surface area (Å²) in [7, 11) is 0. The highest BCUT2D eigenvalue weighted by molar-refractivity contribution is 6.48. The summed E-state index contributed by atoms with van der Waals surface area (Å²) in [5, 5.41) is 2.57. The van der Waals surface area contributed by atoms with Crippen molar-refractivity contribution < 1.29 is 22.8 Å². The summed E-state index contributed by atoms with van der Waals surface area (Å²) in [5.74, 6) is -1.47. The van der Waals surface area contributed by atoms with Crippen molar-refractivity contribution in [2.24, 2.45) is 0 Å². The minimum absolute atomic E-state index is 0.0104. The first-order chi connectivity index (χ1) is 12.7. The van der Waals surface area contributed by atoms with Crippen LogP contribution in [-0.4, -0.2) is 16.7 Å². The molecule has 0 aliphatic carbocycles. The quantitative estimate of drug-likeness (QED) is 0.731. The van der Waals surface area contributed by atoms with E-state index in [1.165, 1.54) is 12.1 Å². The Morgan fingerprint density at radius 3 is 2.33 bits per heavy atom. The third-order valence-corrected chi connectivity index (χ3v) is 4.39. The van der Waals surface area contributed by atoms with Gasteiger partial charge < -0.3 is 5.32 Å². The monoisotopic (exact) mass is 414 g/mol. The Kier molecular flexibility index (Phi) is 5.17. The lowest BCUT2D eigenvalue weighted by molar-refractivity contribution is -0.138. The molecule has 1 aliphatic heterocycles. The highest BCUT2D eigenvalue weighted by Crippen LogP contribution is 2.32. The molecule has 1 aliphatic rings. The second kappa shape index (κ2) is 7.25. The maximum atomic E-state index is 12.8. The van der Waals surface area contributed by atoms with Crippen molar-refractivity contribution in [2.75, 3.05) is 5.32 Å². The van der Waals surface area contributed by atoms with Gasteiger partial charge in [0.05, 0.1) is 12.1 Å². The lowest BCUT2D eigenvalue weighted by Crippen LogP contribution is -2.31. The Bertz CT molecular complexity index is 958. The summed E-state index contributed by atoms with van der Waals surface area (Å²) >= 11 is 11.8. The first-order valence-corrected chi connectivity index (χ1v) is 8.37. The van der Waals surface area contributed by atoms with Gasteiger partial charge in [-0.15, -0.1) is 0 Å². The van der Waals surface area contributed by atoms with Crippen molar-refractivity contribution in [3.05, 3.63) is 75.4 Å². The molecule has 0 aromatic heterocycles. The van der Waals surface area contributed by atoms with Gasteiger partial charge in [0.25, 0.3) is 11.8 Å². The summed E-state index contributed by atoms with van der Waals surface area (Å²) in [4.78, 5) is 25.7. The molecule has 0 bridgehead atoms. The fourth-order valence-electron chi connectivity index (χ4n) is 2.53. The second-order valence-electron chi connectivity index (χ2n) is 5.72. The number of anilines is 1. The van der Waals surface area contributed by atoms with Crippen molar-refractivity contribution in [2.45, 2.75) is 12.7 Å². The molecule has 0 saturated carbocycles. The Morgan fingerprint density at radius 1 is 0.963 bits per heavy atom. The maximum Gasteiger partial charge on any atom is 0.416 e. The SMILES string of the molecule is O=C1C(Cl)=C(Nc2cccc(C(F)(F)F)c2)C(=O)N1Cc1cccc(Cl)c1. The third-order valence-electron chi connectivity index (χ3n) is 3.80. The molecule has 2 aromatic carbocycles. The Balaban J connectivity index is 1.82. The molecule has 4 nitrogen and oxygen atoms in total. The van der Waals surface area contributed by atoms with Gasteiger partial charge >= 0.3 is 6.18 Å². The molecule has 140 valence electrons. The van der Waals surface area contributed by atoms with Crippen LogP contribution in [-0.2, 0) is 22.3 Å². The zero-order valence-corrected chi connectivity index (χ0v) is 15.0. The van der Waals surface area contributed by atoms with E-state index in [0.29, 0.717) is 10.6 Å².